The summed E-state index contributed by atoms with van der Waals surface area (Å²) in [7, 11) is 1.31. The minimum atomic E-state index is -0.578. The highest BCUT2D eigenvalue weighted by atomic mass is 16.5. The van der Waals surface area contributed by atoms with Crippen LogP contribution in [0.1, 0.15) is 27.9 Å². The van der Waals surface area contributed by atoms with Crippen molar-refractivity contribution in [3.8, 4) is 5.75 Å². The molecule has 0 aliphatic rings. The summed E-state index contributed by atoms with van der Waals surface area (Å²) in [6.07, 6.45) is 3.40. The number of methoxy groups -OCH3 is 1. The Labute approximate surface area is 154 Å². The molecule has 2 aromatic heterocycles. The molecular formula is C20H17NO6. The molecule has 0 N–H and O–H groups in total. The lowest BCUT2D eigenvalue weighted by Gasteiger charge is -2.12. The van der Waals surface area contributed by atoms with Crippen LogP contribution in [0.3, 0.4) is 0 Å². The van der Waals surface area contributed by atoms with Gasteiger partial charge in [0.15, 0.2) is 0 Å². The molecular weight excluding hydrogens is 350 g/mol. The summed E-state index contributed by atoms with van der Waals surface area (Å²) in [5, 5.41) is 0.707. The van der Waals surface area contributed by atoms with E-state index in [1.54, 1.807) is 13.0 Å². The standard InChI is InChI=1S/C20H17NO6/c1-12-9-19(23)26-17-11-16(27-20(24)13-5-7-21-8-6-13)14(10-15(12)17)3-4-18(22)25-2/h5-11H,3-4H2,1-2H3. The first-order valence-corrected chi connectivity index (χ1v) is 8.24. The number of benzene rings is 1. The molecule has 138 valence electrons. The Kier molecular flexibility index (Phi) is 5.30. The fraction of sp³-hybridized carbons (Fsp3) is 0.200. The highest BCUT2D eigenvalue weighted by Crippen LogP contribution is 2.29. The highest BCUT2D eigenvalue weighted by molar-refractivity contribution is 5.92. The molecule has 0 unspecified atom stereocenters. The molecule has 1 aromatic carbocycles. The molecule has 3 aromatic rings. The molecule has 0 aliphatic carbocycles. The van der Waals surface area contributed by atoms with Crippen molar-refractivity contribution in [3.63, 3.8) is 0 Å². The van der Waals surface area contributed by atoms with Gasteiger partial charge >= 0.3 is 17.6 Å². The van der Waals surface area contributed by atoms with Gasteiger partial charge in [0, 0.05) is 36.3 Å². The number of esters is 2. The highest BCUT2D eigenvalue weighted by Gasteiger charge is 2.16. The summed E-state index contributed by atoms with van der Waals surface area (Å²) in [4.78, 5) is 39.4. The fourth-order valence-electron chi connectivity index (χ4n) is 2.67. The molecule has 7 heteroatoms. The number of carbonyl (C=O) groups excluding carboxylic acids is 2. The Hall–Kier alpha value is -3.48. The van der Waals surface area contributed by atoms with Crippen molar-refractivity contribution in [3.05, 3.63) is 69.8 Å². The van der Waals surface area contributed by atoms with E-state index in [2.05, 4.69) is 9.72 Å². The molecule has 0 aliphatic heterocycles. The van der Waals surface area contributed by atoms with Crippen LogP contribution in [0.25, 0.3) is 11.0 Å². The molecule has 0 bridgehead atoms. The van der Waals surface area contributed by atoms with Gasteiger partial charge in [0.2, 0.25) is 0 Å². The van der Waals surface area contributed by atoms with Gasteiger partial charge in [-0.2, -0.15) is 0 Å². The predicted molar refractivity (Wildman–Crippen MR) is 96.8 cm³/mol. The van der Waals surface area contributed by atoms with Gasteiger partial charge in [0.05, 0.1) is 12.7 Å². The van der Waals surface area contributed by atoms with E-state index in [0.717, 1.165) is 5.56 Å². The monoisotopic (exact) mass is 367 g/mol. The van der Waals surface area contributed by atoms with E-state index in [1.165, 1.54) is 43.8 Å². The van der Waals surface area contributed by atoms with Gasteiger partial charge in [0.1, 0.15) is 11.3 Å². The second-order valence-electron chi connectivity index (χ2n) is 5.91. The largest absolute Gasteiger partial charge is 0.469 e. The Morgan fingerprint density at radius 2 is 1.89 bits per heavy atom. The Balaban J connectivity index is 2.03. The van der Waals surface area contributed by atoms with Crippen molar-refractivity contribution in [2.75, 3.05) is 7.11 Å². The molecule has 2 heterocycles. The van der Waals surface area contributed by atoms with Crippen molar-refractivity contribution in [1.29, 1.82) is 0 Å². The molecule has 0 radical (unpaired) electrons. The maximum Gasteiger partial charge on any atom is 0.343 e. The normalized spacial score (nSPS) is 10.6. The second-order valence-corrected chi connectivity index (χ2v) is 5.91. The van der Waals surface area contributed by atoms with E-state index in [9.17, 15) is 14.4 Å². The summed E-state index contributed by atoms with van der Waals surface area (Å²) in [5.41, 5.74) is 1.50. The van der Waals surface area contributed by atoms with Crippen LogP contribution in [0.4, 0.5) is 0 Å². The third-order valence-electron chi connectivity index (χ3n) is 4.08. The number of aromatic nitrogens is 1. The first-order chi connectivity index (χ1) is 13.0. The van der Waals surface area contributed by atoms with E-state index < -0.39 is 11.6 Å². The smallest absolute Gasteiger partial charge is 0.343 e. The summed E-state index contributed by atoms with van der Waals surface area (Å²) < 4.78 is 15.4. The molecule has 27 heavy (non-hydrogen) atoms. The van der Waals surface area contributed by atoms with Gasteiger partial charge in [0.25, 0.3) is 0 Å². The molecule has 0 saturated carbocycles. The average Bonchev–Trinajstić information content (AvgIpc) is 2.66. The zero-order valence-electron chi connectivity index (χ0n) is 14.9. The first-order valence-electron chi connectivity index (χ1n) is 8.24. The predicted octanol–water partition coefficient (Wildman–Crippen LogP) is 2.82. The SMILES string of the molecule is COC(=O)CCc1cc2c(C)cc(=O)oc2cc1OC(=O)c1ccncc1. The van der Waals surface area contributed by atoms with E-state index in [1.807, 2.05) is 0 Å². The topological polar surface area (TPSA) is 95.7 Å². The molecule has 3 rings (SSSR count). The molecule has 0 atom stereocenters. The van der Waals surface area contributed by atoms with Crippen LogP contribution in [0.2, 0.25) is 0 Å². The molecule has 0 saturated heterocycles. The lowest BCUT2D eigenvalue weighted by molar-refractivity contribution is -0.140. The average molecular weight is 367 g/mol. The molecule has 0 spiro atoms. The summed E-state index contributed by atoms with van der Waals surface area (Å²) in [6.45, 7) is 1.78. The van der Waals surface area contributed by atoms with Gasteiger partial charge in [-0.05, 0) is 42.7 Å². The van der Waals surface area contributed by atoms with Gasteiger partial charge in [-0.3, -0.25) is 9.78 Å². The molecule has 0 fully saturated rings. The van der Waals surface area contributed by atoms with Crippen LogP contribution in [-0.4, -0.2) is 24.0 Å². The number of pyridine rings is 1. The maximum atomic E-state index is 12.4. The van der Waals surface area contributed by atoms with Crippen molar-refractivity contribution in [2.45, 2.75) is 19.8 Å². The van der Waals surface area contributed by atoms with Crippen LogP contribution in [0, 0.1) is 6.92 Å². The van der Waals surface area contributed by atoms with Gasteiger partial charge in [-0.25, -0.2) is 9.59 Å². The Bertz CT molecular complexity index is 1060. The Morgan fingerprint density at radius 1 is 1.15 bits per heavy atom. The van der Waals surface area contributed by atoms with Crippen LogP contribution in [0.15, 0.2) is 51.9 Å². The van der Waals surface area contributed by atoms with Gasteiger partial charge in [-0.1, -0.05) is 0 Å². The maximum absolute atomic E-state index is 12.4. The number of nitrogens with zero attached hydrogens (tertiary/aromatic N) is 1. The number of ether oxygens (including phenoxy) is 2. The molecule has 7 nitrogen and oxygen atoms in total. The van der Waals surface area contributed by atoms with Crippen molar-refractivity contribution in [1.82, 2.24) is 4.98 Å². The number of rotatable bonds is 5. The Morgan fingerprint density at radius 3 is 2.59 bits per heavy atom. The van der Waals surface area contributed by atoms with E-state index in [-0.39, 0.29) is 18.1 Å². The fourth-order valence-corrected chi connectivity index (χ4v) is 2.67. The number of carbonyl (C=O) groups is 2. The minimum absolute atomic E-state index is 0.123. The van der Waals surface area contributed by atoms with Crippen LogP contribution in [-0.2, 0) is 16.0 Å². The second kappa shape index (κ2) is 7.82. The first kappa shape index (κ1) is 18.3. The number of fused-ring (bicyclic) bond motifs is 1. The van der Waals surface area contributed by atoms with Crippen molar-refractivity contribution >= 4 is 22.9 Å². The van der Waals surface area contributed by atoms with Crippen molar-refractivity contribution < 1.29 is 23.5 Å². The zero-order chi connectivity index (χ0) is 19.4. The number of hydrogen-bond acceptors (Lipinski definition) is 7. The summed E-state index contributed by atoms with van der Waals surface area (Å²) >= 11 is 0. The van der Waals surface area contributed by atoms with Crippen LogP contribution >= 0.6 is 0 Å². The van der Waals surface area contributed by atoms with E-state index in [4.69, 9.17) is 9.15 Å². The third kappa shape index (κ3) is 4.20. The van der Waals surface area contributed by atoms with E-state index in [0.29, 0.717) is 28.5 Å². The van der Waals surface area contributed by atoms with Crippen LogP contribution < -0.4 is 10.4 Å². The minimum Gasteiger partial charge on any atom is -0.469 e. The van der Waals surface area contributed by atoms with Crippen molar-refractivity contribution in [2.24, 2.45) is 0 Å². The van der Waals surface area contributed by atoms with Gasteiger partial charge < -0.3 is 13.9 Å². The summed E-state index contributed by atoms with van der Waals surface area (Å²) in [6, 6.07) is 7.69. The van der Waals surface area contributed by atoms with Gasteiger partial charge in [-0.15, -0.1) is 0 Å². The molecule has 0 amide bonds. The lowest BCUT2D eigenvalue weighted by atomic mass is 10.0. The zero-order valence-corrected chi connectivity index (χ0v) is 14.9. The number of aryl methyl sites for hydroxylation is 2. The van der Waals surface area contributed by atoms with Crippen LogP contribution in [0.5, 0.6) is 5.75 Å². The number of hydrogen-bond donors (Lipinski definition) is 0. The third-order valence-corrected chi connectivity index (χ3v) is 4.08. The van der Waals surface area contributed by atoms with E-state index >= 15 is 0 Å². The quantitative estimate of drug-likeness (QED) is 0.389. The summed E-state index contributed by atoms with van der Waals surface area (Å²) in [5.74, 6) is -0.731. The lowest BCUT2D eigenvalue weighted by Crippen LogP contribution is -2.11.